The number of hydrogen-bond donors (Lipinski definition) is 0. The third-order valence-corrected chi connectivity index (χ3v) is 5.68. The van der Waals surface area contributed by atoms with E-state index in [-0.39, 0.29) is 0 Å². The molecule has 0 aliphatic heterocycles. The largest absolute Gasteiger partial charge is 0.289 e. The molecule has 2 heteroatoms. The minimum Gasteiger partial charge on any atom is -0.289 e. The summed E-state index contributed by atoms with van der Waals surface area (Å²) in [6, 6.07) is 8.00. The van der Waals surface area contributed by atoms with E-state index in [2.05, 4.69) is 20.8 Å². The predicted molar refractivity (Wildman–Crippen MR) is 87.3 cm³/mol. The molecule has 0 amide bonds. The van der Waals surface area contributed by atoms with Crippen LogP contribution in [0.25, 0.3) is 0 Å². The zero-order valence-electron chi connectivity index (χ0n) is 12.6. The summed E-state index contributed by atoms with van der Waals surface area (Å²) in [5.74, 6) is 3.54. The fourth-order valence-corrected chi connectivity index (χ4v) is 4.38. The standard InChI is InChI=1S/C17H27OS/c1-4-6-12-19(13-7-5-2)14-17(18)16-10-8-15(3)9-11-16/h8-11H,4-7,12-14H2,1-3H3/q+1. The number of benzene rings is 1. The van der Waals surface area contributed by atoms with Crippen LogP contribution in [0.3, 0.4) is 0 Å². The lowest BCUT2D eigenvalue weighted by Gasteiger charge is -2.08. The van der Waals surface area contributed by atoms with Gasteiger partial charge in [-0.1, -0.05) is 56.5 Å². The van der Waals surface area contributed by atoms with Gasteiger partial charge in [0.05, 0.1) is 0 Å². The first-order valence-electron chi connectivity index (χ1n) is 7.41. The Balaban J connectivity index is 2.56. The highest BCUT2D eigenvalue weighted by molar-refractivity contribution is 7.97. The summed E-state index contributed by atoms with van der Waals surface area (Å²) in [4.78, 5) is 12.3. The molecule has 0 fully saturated rings. The van der Waals surface area contributed by atoms with Gasteiger partial charge in [0.2, 0.25) is 5.78 Å². The van der Waals surface area contributed by atoms with Gasteiger partial charge in [-0.25, -0.2) is 0 Å². The maximum absolute atomic E-state index is 12.3. The minimum absolute atomic E-state index is 0.290. The first-order valence-corrected chi connectivity index (χ1v) is 9.14. The molecule has 1 aromatic carbocycles. The first-order chi connectivity index (χ1) is 9.17. The number of carbonyl (C=O) groups is 1. The van der Waals surface area contributed by atoms with Crippen molar-refractivity contribution in [2.75, 3.05) is 17.3 Å². The molecule has 0 bridgehead atoms. The Kier molecular flexibility index (Phi) is 7.88. The van der Waals surface area contributed by atoms with Gasteiger partial charge in [0, 0.05) is 5.56 Å². The second kappa shape index (κ2) is 9.19. The van der Waals surface area contributed by atoms with Gasteiger partial charge in [0.15, 0.2) is 5.75 Å². The van der Waals surface area contributed by atoms with Crippen molar-refractivity contribution in [1.29, 1.82) is 0 Å². The van der Waals surface area contributed by atoms with Gasteiger partial charge in [-0.3, -0.25) is 4.79 Å². The number of hydrogen-bond acceptors (Lipinski definition) is 1. The first kappa shape index (κ1) is 16.3. The fraction of sp³-hybridized carbons (Fsp3) is 0.588. The Bertz CT molecular complexity index is 361. The van der Waals surface area contributed by atoms with Crippen molar-refractivity contribution in [2.24, 2.45) is 0 Å². The summed E-state index contributed by atoms with van der Waals surface area (Å²) in [5, 5.41) is 0. The van der Waals surface area contributed by atoms with E-state index in [9.17, 15) is 4.79 Å². The fourth-order valence-electron chi connectivity index (χ4n) is 1.95. The normalized spacial score (nSPS) is 10.9. The van der Waals surface area contributed by atoms with E-state index in [0.717, 1.165) is 11.3 Å². The molecular weight excluding hydrogens is 252 g/mol. The van der Waals surface area contributed by atoms with E-state index in [1.165, 1.54) is 42.8 Å². The summed E-state index contributed by atoms with van der Waals surface area (Å²) in [5.41, 5.74) is 2.10. The van der Waals surface area contributed by atoms with Crippen molar-refractivity contribution in [3.63, 3.8) is 0 Å². The van der Waals surface area contributed by atoms with Gasteiger partial charge in [0.1, 0.15) is 11.5 Å². The molecule has 0 N–H and O–H groups in total. The molecule has 0 saturated heterocycles. The Morgan fingerprint density at radius 2 is 1.53 bits per heavy atom. The maximum Gasteiger partial charge on any atom is 0.211 e. The molecule has 0 saturated carbocycles. The molecule has 1 nitrogen and oxygen atoms in total. The summed E-state index contributed by atoms with van der Waals surface area (Å²) in [6.07, 6.45) is 4.98. The highest BCUT2D eigenvalue weighted by Gasteiger charge is 2.22. The van der Waals surface area contributed by atoms with E-state index in [0.29, 0.717) is 16.7 Å². The highest BCUT2D eigenvalue weighted by Crippen LogP contribution is 2.11. The van der Waals surface area contributed by atoms with Crippen LogP contribution < -0.4 is 0 Å². The van der Waals surface area contributed by atoms with Gasteiger partial charge in [-0.2, -0.15) is 0 Å². The number of carbonyl (C=O) groups excluding carboxylic acids is 1. The molecule has 0 aromatic heterocycles. The Morgan fingerprint density at radius 3 is 2.00 bits per heavy atom. The lowest BCUT2D eigenvalue weighted by Crippen LogP contribution is -2.22. The monoisotopic (exact) mass is 279 g/mol. The molecule has 1 aromatic rings. The zero-order chi connectivity index (χ0) is 14.1. The Morgan fingerprint density at radius 1 is 1.00 bits per heavy atom. The highest BCUT2D eigenvalue weighted by atomic mass is 32.2. The van der Waals surface area contributed by atoms with Crippen molar-refractivity contribution in [3.05, 3.63) is 35.4 Å². The SMILES string of the molecule is CCCC[S+](CCCC)CC(=O)c1ccc(C)cc1. The van der Waals surface area contributed by atoms with Crippen LogP contribution in [-0.2, 0) is 10.9 Å². The number of rotatable bonds is 9. The van der Waals surface area contributed by atoms with E-state index < -0.39 is 0 Å². The van der Waals surface area contributed by atoms with Crippen LogP contribution in [0.15, 0.2) is 24.3 Å². The lowest BCUT2D eigenvalue weighted by molar-refractivity contribution is 0.102. The molecular formula is C17H27OS+. The van der Waals surface area contributed by atoms with Gasteiger partial charge in [0.25, 0.3) is 0 Å². The van der Waals surface area contributed by atoms with Crippen molar-refractivity contribution in [3.8, 4) is 0 Å². The number of Topliss-reactive ketones (excluding diaryl/α,β-unsaturated/α-hetero) is 1. The molecule has 0 spiro atoms. The summed E-state index contributed by atoms with van der Waals surface area (Å²) < 4.78 is 0. The summed E-state index contributed by atoms with van der Waals surface area (Å²) in [7, 11) is 0.290. The quantitative estimate of drug-likeness (QED) is 0.484. The molecule has 0 aliphatic rings. The molecule has 1 rings (SSSR count). The molecule has 0 heterocycles. The predicted octanol–water partition coefficient (Wildman–Crippen LogP) is 4.40. The molecule has 19 heavy (non-hydrogen) atoms. The van der Waals surface area contributed by atoms with E-state index >= 15 is 0 Å². The maximum atomic E-state index is 12.3. The van der Waals surface area contributed by atoms with Crippen LogP contribution in [0.5, 0.6) is 0 Å². The molecule has 0 radical (unpaired) electrons. The number of unbranched alkanes of at least 4 members (excludes halogenated alkanes) is 2. The average Bonchev–Trinajstić information content (AvgIpc) is 2.42. The third-order valence-electron chi connectivity index (χ3n) is 3.28. The second-order valence-electron chi connectivity index (χ2n) is 5.16. The van der Waals surface area contributed by atoms with Crippen molar-refractivity contribution in [1.82, 2.24) is 0 Å². The topological polar surface area (TPSA) is 17.1 Å². The minimum atomic E-state index is 0.290. The van der Waals surface area contributed by atoms with Gasteiger partial charge >= 0.3 is 0 Å². The molecule has 0 unspecified atom stereocenters. The molecule has 106 valence electrons. The Labute approximate surface area is 121 Å². The van der Waals surface area contributed by atoms with Crippen molar-refractivity contribution >= 4 is 16.7 Å². The van der Waals surface area contributed by atoms with Gasteiger partial charge in [-0.05, 0) is 30.7 Å². The summed E-state index contributed by atoms with van der Waals surface area (Å²) >= 11 is 0. The van der Waals surface area contributed by atoms with Crippen molar-refractivity contribution in [2.45, 2.75) is 46.5 Å². The Hall–Kier alpha value is -0.760. The van der Waals surface area contributed by atoms with Crippen LogP contribution in [0.1, 0.15) is 55.5 Å². The van der Waals surface area contributed by atoms with E-state index in [1.54, 1.807) is 0 Å². The zero-order valence-corrected chi connectivity index (χ0v) is 13.4. The smallest absolute Gasteiger partial charge is 0.211 e. The average molecular weight is 279 g/mol. The van der Waals surface area contributed by atoms with Crippen LogP contribution in [0, 0.1) is 6.92 Å². The van der Waals surface area contributed by atoms with Crippen molar-refractivity contribution < 1.29 is 4.79 Å². The van der Waals surface area contributed by atoms with E-state index in [1.807, 2.05) is 24.3 Å². The lowest BCUT2D eigenvalue weighted by atomic mass is 10.1. The van der Waals surface area contributed by atoms with Gasteiger partial charge < -0.3 is 0 Å². The van der Waals surface area contributed by atoms with Crippen LogP contribution >= 0.6 is 0 Å². The number of ketones is 1. The second-order valence-corrected chi connectivity index (χ2v) is 7.49. The summed E-state index contributed by atoms with van der Waals surface area (Å²) in [6.45, 7) is 6.51. The molecule has 0 atom stereocenters. The molecule has 0 aliphatic carbocycles. The van der Waals surface area contributed by atoms with Gasteiger partial charge in [-0.15, -0.1) is 0 Å². The van der Waals surface area contributed by atoms with Crippen LogP contribution in [-0.4, -0.2) is 23.0 Å². The van der Waals surface area contributed by atoms with Crippen LogP contribution in [0.2, 0.25) is 0 Å². The van der Waals surface area contributed by atoms with Crippen LogP contribution in [0.4, 0.5) is 0 Å². The number of aryl methyl sites for hydroxylation is 1. The van der Waals surface area contributed by atoms with E-state index in [4.69, 9.17) is 0 Å². The third kappa shape index (κ3) is 6.29.